The molecule has 0 aliphatic rings. The van der Waals surface area contributed by atoms with E-state index < -0.39 is 11.9 Å². The summed E-state index contributed by atoms with van der Waals surface area (Å²) in [6.07, 6.45) is -0.351. The van der Waals surface area contributed by atoms with Gasteiger partial charge in [-0.3, -0.25) is 0 Å². The van der Waals surface area contributed by atoms with Crippen LogP contribution in [-0.2, 0) is 22.4 Å². The van der Waals surface area contributed by atoms with Gasteiger partial charge in [-0.2, -0.15) is 0 Å². The van der Waals surface area contributed by atoms with Gasteiger partial charge in [0.25, 0.3) is 0 Å². The zero-order valence-corrected chi connectivity index (χ0v) is 28.7. The Bertz CT molecular complexity index is 1310. The summed E-state index contributed by atoms with van der Waals surface area (Å²) in [5, 5.41) is 29.4. The van der Waals surface area contributed by atoms with E-state index in [1.165, 1.54) is 0 Å². The number of para-hydroxylation sites is 4. The van der Waals surface area contributed by atoms with Crippen molar-refractivity contribution in [2.24, 2.45) is 0 Å². The number of benzene rings is 4. The molecule has 0 saturated heterocycles. The molecule has 0 bridgehead atoms. The first kappa shape index (κ1) is 36.6. The predicted molar refractivity (Wildman–Crippen MR) is 150 cm³/mol. The van der Waals surface area contributed by atoms with Crippen molar-refractivity contribution < 1.29 is 78.9 Å². The van der Waals surface area contributed by atoms with E-state index in [1.807, 2.05) is 0 Å². The summed E-state index contributed by atoms with van der Waals surface area (Å²) in [6.45, 7) is 0. The number of hydrogen-bond donors (Lipinski definition) is 2. The zero-order chi connectivity index (χ0) is 27.7. The molecule has 0 spiro atoms. The number of anilines is 4. The fraction of sp³-hybridized carbons (Fsp3) is 0.0714. The smallest absolute Gasteiger partial charge is 0.550 e. The molecule has 0 saturated carbocycles. The maximum absolute atomic E-state index is 10.7. The SMILES string of the molecule is O=C([O-])Cc1ccccc1Nc1c(Cl)cccc1Cl.O=C([O-])Cc1ccccc1Nc1c(Cl)cccc1Cl.[Na+].[Na+]. The van der Waals surface area contributed by atoms with E-state index in [2.05, 4.69) is 10.6 Å². The third-order valence-electron chi connectivity index (χ3n) is 5.15. The molecule has 4 rings (SSSR count). The summed E-state index contributed by atoms with van der Waals surface area (Å²) in [5.41, 5.74) is 3.61. The molecule has 0 unspecified atom stereocenters. The van der Waals surface area contributed by atoms with E-state index in [1.54, 1.807) is 84.9 Å². The van der Waals surface area contributed by atoms with Gasteiger partial charge in [0.15, 0.2) is 0 Å². The van der Waals surface area contributed by atoms with Crippen LogP contribution in [0.3, 0.4) is 0 Å². The zero-order valence-electron chi connectivity index (χ0n) is 21.6. The Labute approximate surface area is 296 Å². The fourth-order valence-corrected chi connectivity index (χ4v) is 4.39. The Morgan fingerprint density at radius 3 is 1.12 bits per heavy atom. The van der Waals surface area contributed by atoms with Crippen molar-refractivity contribution in [3.63, 3.8) is 0 Å². The summed E-state index contributed by atoms with van der Waals surface area (Å²) in [7, 11) is 0. The largest absolute Gasteiger partial charge is 1.00 e. The van der Waals surface area contributed by atoms with Gasteiger partial charge in [0, 0.05) is 36.2 Å². The number of carbonyl (C=O) groups excluding carboxylic acids is 2. The number of hydrogen-bond acceptors (Lipinski definition) is 6. The maximum Gasteiger partial charge on any atom is 1.00 e. The van der Waals surface area contributed by atoms with E-state index in [0.717, 1.165) is 0 Å². The van der Waals surface area contributed by atoms with Gasteiger partial charge in [-0.05, 0) is 47.5 Å². The maximum atomic E-state index is 10.7. The van der Waals surface area contributed by atoms with Crippen LogP contribution in [0.15, 0.2) is 84.9 Å². The second-order valence-corrected chi connectivity index (χ2v) is 9.48. The molecule has 0 aromatic heterocycles. The monoisotopic (exact) mass is 634 g/mol. The number of halogens is 4. The molecule has 196 valence electrons. The quantitative estimate of drug-likeness (QED) is 0.266. The number of aliphatic carboxylic acids is 2. The third-order valence-corrected chi connectivity index (χ3v) is 6.41. The molecule has 12 heteroatoms. The van der Waals surface area contributed by atoms with Gasteiger partial charge in [-0.25, -0.2) is 0 Å². The Morgan fingerprint density at radius 1 is 0.525 bits per heavy atom. The number of carboxylic acids is 2. The second-order valence-electron chi connectivity index (χ2n) is 7.86. The van der Waals surface area contributed by atoms with Gasteiger partial charge in [0.2, 0.25) is 0 Å². The molecule has 0 amide bonds. The molecule has 0 radical (unpaired) electrons. The Morgan fingerprint density at radius 2 is 0.825 bits per heavy atom. The minimum Gasteiger partial charge on any atom is -0.550 e. The van der Waals surface area contributed by atoms with Gasteiger partial charge in [0.05, 0.1) is 31.5 Å². The predicted octanol–water partition coefficient (Wildman–Crippen LogP) is 0.0668. The van der Waals surface area contributed by atoms with Crippen LogP contribution in [-0.4, -0.2) is 11.9 Å². The van der Waals surface area contributed by atoms with Crippen LogP contribution >= 0.6 is 46.4 Å². The van der Waals surface area contributed by atoms with Crippen molar-refractivity contribution in [2.45, 2.75) is 12.8 Å². The molecule has 0 aliphatic heterocycles. The molecule has 0 heterocycles. The van der Waals surface area contributed by atoms with Crippen LogP contribution in [0.1, 0.15) is 11.1 Å². The average molecular weight is 636 g/mol. The number of carboxylic acid groups (broad SMARTS) is 2. The normalized spacial score (nSPS) is 9.70. The van der Waals surface area contributed by atoms with Crippen LogP contribution in [0.4, 0.5) is 22.7 Å². The van der Waals surface area contributed by atoms with Crippen molar-refractivity contribution in [1.29, 1.82) is 0 Å². The summed E-state index contributed by atoms with van der Waals surface area (Å²) in [4.78, 5) is 21.4. The van der Waals surface area contributed by atoms with Crippen molar-refractivity contribution in [3.05, 3.63) is 116 Å². The number of carbonyl (C=O) groups is 2. The minimum absolute atomic E-state index is 0. The summed E-state index contributed by atoms with van der Waals surface area (Å²) < 4.78 is 0. The molecular formula is C28H20Cl4N2Na2O4. The first-order chi connectivity index (χ1) is 18.2. The first-order valence-corrected chi connectivity index (χ1v) is 12.6. The van der Waals surface area contributed by atoms with Gasteiger partial charge in [0.1, 0.15) is 0 Å². The first-order valence-electron chi connectivity index (χ1n) is 11.1. The van der Waals surface area contributed by atoms with E-state index in [-0.39, 0.29) is 72.0 Å². The summed E-state index contributed by atoms with van der Waals surface area (Å²) in [5.74, 6) is -2.28. The fourth-order valence-electron chi connectivity index (χ4n) is 3.41. The Balaban J connectivity index is 0.000000381. The molecule has 40 heavy (non-hydrogen) atoms. The molecular weight excluding hydrogens is 616 g/mol. The molecule has 2 N–H and O–H groups in total. The average Bonchev–Trinajstić information content (AvgIpc) is 2.86. The molecule has 0 aliphatic carbocycles. The van der Waals surface area contributed by atoms with Gasteiger partial charge < -0.3 is 30.4 Å². The molecule has 6 nitrogen and oxygen atoms in total. The van der Waals surface area contributed by atoms with Crippen molar-refractivity contribution in [1.82, 2.24) is 0 Å². The van der Waals surface area contributed by atoms with Crippen molar-refractivity contribution >= 4 is 81.1 Å². The number of rotatable bonds is 8. The summed E-state index contributed by atoms with van der Waals surface area (Å²) >= 11 is 24.2. The van der Waals surface area contributed by atoms with E-state index >= 15 is 0 Å². The van der Waals surface area contributed by atoms with Gasteiger partial charge in [-0.15, -0.1) is 0 Å². The van der Waals surface area contributed by atoms with Crippen molar-refractivity contribution in [2.75, 3.05) is 10.6 Å². The Hall–Kier alpha value is -1.42. The van der Waals surface area contributed by atoms with E-state index in [0.29, 0.717) is 54.0 Å². The van der Waals surface area contributed by atoms with Crippen LogP contribution in [0.5, 0.6) is 0 Å². The molecule has 0 fully saturated rings. The van der Waals surface area contributed by atoms with Crippen LogP contribution in [0.2, 0.25) is 20.1 Å². The standard InChI is InChI=1S/2C14H11Cl2NO2.2Na/c2*15-10-5-3-6-11(16)14(10)17-12-7-2-1-4-9(12)8-13(18)19;;/h2*1-7,17H,8H2,(H,18,19);;/q;;2*+1/p-2. The van der Waals surface area contributed by atoms with Gasteiger partial charge in [-0.1, -0.05) is 94.9 Å². The second kappa shape index (κ2) is 18.2. The Kier molecular flexibility index (Phi) is 16.6. The van der Waals surface area contributed by atoms with Gasteiger partial charge >= 0.3 is 59.1 Å². The third kappa shape index (κ3) is 11.1. The van der Waals surface area contributed by atoms with Crippen LogP contribution in [0.25, 0.3) is 0 Å². The minimum atomic E-state index is -1.14. The van der Waals surface area contributed by atoms with E-state index in [4.69, 9.17) is 46.4 Å². The molecule has 4 aromatic carbocycles. The van der Waals surface area contributed by atoms with Crippen molar-refractivity contribution in [3.8, 4) is 0 Å². The topological polar surface area (TPSA) is 104 Å². The summed E-state index contributed by atoms with van der Waals surface area (Å²) in [6, 6.07) is 24.4. The molecule has 0 atom stereocenters. The van der Waals surface area contributed by atoms with Crippen LogP contribution in [0, 0.1) is 0 Å². The molecule has 4 aromatic rings. The van der Waals surface area contributed by atoms with E-state index in [9.17, 15) is 19.8 Å². The van der Waals surface area contributed by atoms with Crippen LogP contribution < -0.4 is 80.0 Å². The number of nitrogens with one attached hydrogen (secondary N) is 2.